The van der Waals surface area contributed by atoms with Crippen LogP contribution in [0.15, 0.2) is 77.8 Å². The van der Waals surface area contributed by atoms with Crippen molar-refractivity contribution in [3.8, 4) is 5.75 Å². The molecule has 0 spiro atoms. The number of fused-ring (bicyclic) bond motifs is 3. The number of para-hydroxylation sites is 2. The van der Waals surface area contributed by atoms with Gasteiger partial charge in [0.25, 0.3) is 5.91 Å². The lowest BCUT2D eigenvalue weighted by atomic mass is 10.1. The smallest absolute Gasteiger partial charge is 0.255 e. The molecule has 2 heterocycles. The van der Waals surface area contributed by atoms with Gasteiger partial charge in [0.2, 0.25) is 5.95 Å². The summed E-state index contributed by atoms with van der Waals surface area (Å²) >= 11 is 0. The Labute approximate surface area is 178 Å². The van der Waals surface area contributed by atoms with Crippen molar-refractivity contribution in [3.63, 3.8) is 0 Å². The minimum atomic E-state index is -0.401. The molecule has 1 unspecified atom stereocenters. The lowest BCUT2D eigenvalue weighted by molar-refractivity contribution is 0.102. The van der Waals surface area contributed by atoms with Crippen LogP contribution in [0.2, 0.25) is 0 Å². The van der Waals surface area contributed by atoms with Crippen LogP contribution in [0.4, 0.5) is 11.6 Å². The Hall–Kier alpha value is -4.33. The maximum atomic E-state index is 12.7. The lowest BCUT2D eigenvalue weighted by Gasteiger charge is -2.24. The summed E-state index contributed by atoms with van der Waals surface area (Å²) in [6.07, 6.45) is -0.401. The van der Waals surface area contributed by atoms with Crippen LogP contribution in [0, 0.1) is 0 Å². The molecule has 1 atom stereocenters. The van der Waals surface area contributed by atoms with Gasteiger partial charge in [-0.15, -0.1) is 0 Å². The van der Waals surface area contributed by atoms with Crippen LogP contribution >= 0.6 is 0 Å². The fourth-order valence-corrected chi connectivity index (χ4v) is 3.66. The van der Waals surface area contributed by atoms with Gasteiger partial charge in [0.05, 0.1) is 18.1 Å². The number of hydrogen-bond acceptors (Lipinski definition) is 6. The first-order chi connectivity index (χ1) is 15.1. The average Bonchev–Trinajstić information content (AvgIpc) is 3.17. The molecule has 8 heteroatoms. The van der Waals surface area contributed by atoms with Crippen molar-refractivity contribution in [2.75, 3.05) is 17.7 Å². The van der Waals surface area contributed by atoms with Crippen LogP contribution in [0.3, 0.4) is 0 Å². The first-order valence-electron chi connectivity index (χ1n) is 9.75. The molecule has 5 rings (SSSR count). The molecule has 0 aliphatic carbocycles. The molecule has 4 N–H and O–H groups in total. The third-order valence-corrected chi connectivity index (χ3v) is 5.14. The standard InChI is InChI=1S/C23H20N6O2/c1-31-17-11-9-14(10-12-17)21(30)25-16-6-4-5-15(13-16)20-27-22(24)28-23-26-18-7-2-3-8-19(18)29(20)23/h2-13,20H,1H3,(H,25,30)(H3,24,26,27,28). The van der Waals surface area contributed by atoms with Gasteiger partial charge in [-0.05, 0) is 54.1 Å². The number of aliphatic imine (C=N–C) groups is 1. The Balaban J connectivity index is 1.47. The minimum Gasteiger partial charge on any atom is -0.497 e. The minimum absolute atomic E-state index is 0.207. The third kappa shape index (κ3) is 3.44. The predicted octanol–water partition coefficient (Wildman–Crippen LogP) is 3.58. The second kappa shape index (κ2) is 7.49. The number of imidazole rings is 1. The largest absolute Gasteiger partial charge is 0.497 e. The number of guanidine groups is 1. The number of carbonyl (C=O) groups excluding carboxylic acids is 1. The summed E-state index contributed by atoms with van der Waals surface area (Å²) in [6, 6.07) is 22.4. The van der Waals surface area contributed by atoms with Crippen LogP contribution < -0.4 is 21.1 Å². The van der Waals surface area contributed by atoms with Gasteiger partial charge in [-0.2, -0.15) is 0 Å². The summed E-state index contributed by atoms with van der Waals surface area (Å²) in [5, 5.41) is 5.97. The third-order valence-electron chi connectivity index (χ3n) is 5.14. The van der Waals surface area contributed by atoms with Gasteiger partial charge in [0, 0.05) is 11.3 Å². The summed E-state index contributed by atoms with van der Waals surface area (Å²) < 4.78 is 7.14. The van der Waals surface area contributed by atoms with Gasteiger partial charge < -0.3 is 15.8 Å². The topological polar surface area (TPSA) is 107 Å². The van der Waals surface area contributed by atoms with Gasteiger partial charge in [-0.1, -0.05) is 24.3 Å². The van der Waals surface area contributed by atoms with E-state index in [9.17, 15) is 4.79 Å². The van der Waals surface area contributed by atoms with Gasteiger partial charge in [0.15, 0.2) is 12.1 Å². The number of nitrogens with two attached hydrogens (primary N) is 1. The van der Waals surface area contributed by atoms with E-state index in [1.807, 2.05) is 53.1 Å². The highest BCUT2D eigenvalue weighted by atomic mass is 16.5. The van der Waals surface area contributed by atoms with E-state index in [-0.39, 0.29) is 5.91 Å². The normalized spacial score (nSPS) is 15.0. The summed E-state index contributed by atoms with van der Waals surface area (Å²) in [6.45, 7) is 0. The molecule has 0 saturated carbocycles. The number of ether oxygens (including phenoxy) is 1. The molecular weight excluding hydrogens is 392 g/mol. The van der Waals surface area contributed by atoms with E-state index in [0.29, 0.717) is 28.9 Å². The number of hydrogen-bond donors (Lipinski definition) is 3. The van der Waals surface area contributed by atoms with Crippen molar-refractivity contribution >= 4 is 34.5 Å². The highest BCUT2D eigenvalue weighted by Gasteiger charge is 2.25. The fraction of sp³-hybridized carbons (Fsp3) is 0.0870. The van der Waals surface area contributed by atoms with Crippen molar-refractivity contribution in [1.29, 1.82) is 0 Å². The molecule has 0 radical (unpaired) electrons. The van der Waals surface area contributed by atoms with Crippen LogP contribution in [-0.2, 0) is 0 Å². The first kappa shape index (κ1) is 18.7. The number of nitrogens with zero attached hydrogens (tertiary/aromatic N) is 3. The average molecular weight is 412 g/mol. The molecule has 8 nitrogen and oxygen atoms in total. The van der Waals surface area contributed by atoms with Crippen LogP contribution in [-0.4, -0.2) is 28.5 Å². The predicted molar refractivity (Wildman–Crippen MR) is 121 cm³/mol. The van der Waals surface area contributed by atoms with Crippen molar-refractivity contribution < 1.29 is 9.53 Å². The van der Waals surface area contributed by atoms with E-state index in [0.717, 1.165) is 16.6 Å². The molecule has 1 amide bonds. The van der Waals surface area contributed by atoms with Crippen molar-refractivity contribution in [1.82, 2.24) is 9.55 Å². The van der Waals surface area contributed by atoms with Gasteiger partial charge in [0.1, 0.15) is 5.75 Å². The van der Waals surface area contributed by atoms with E-state index in [1.165, 1.54) is 0 Å². The van der Waals surface area contributed by atoms with Crippen LogP contribution in [0.25, 0.3) is 11.0 Å². The van der Waals surface area contributed by atoms with Gasteiger partial charge >= 0.3 is 0 Å². The monoisotopic (exact) mass is 412 g/mol. The SMILES string of the molecule is COc1ccc(C(=O)Nc2cccc(C3N=C(N)Nc4nc5ccccc5n43)c2)cc1. The molecule has 0 bridgehead atoms. The molecule has 154 valence electrons. The summed E-state index contributed by atoms with van der Waals surface area (Å²) in [7, 11) is 1.59. The summed E-state index contributed by atoms with van der Waals surface area (Å²) in [4.78, 5) is 21.9. The zero-order valence-electron chi connectivity index (χ0n) is 16.7. The second-order valence-electron chi connectivity index (χ2n) is 7.12. The highest BCUT2D eigenvalue weighted by molar-refractivity contribution is 6.04. The lowest BCUT2D eigenvalue weighted by Crippen LogP contribution is -2.31. The number of aromatic nitrogens is 2. The quantitative estimate of drug-likeness (QED) is 0.475. The van der Waals surface area contributed by atoms with Gasteiger partial charge in [-0.25, -0.2) is 9.98 Å². The summed E-state index contributed by atoms with van der Waals surface area (Å²) in [5.41, 5.74) is 9.90. The number of rotatable bonds is 4. The Morgan fingerprint density at radius 1 is 1.10 bits per heavy atom. The second-order valence-corrected chi connectivity index (χ2v) is 7.12. The molecule has 3 aromatic carbocycles. The Kier molecular flexibility index (Phi) is 4.51. The van der Waals surface area contributed by atoms with Crippen LogP contribution in [0.1, 0.15) is 22.1 Å². The van der Waals surface area contributed by atoms with E-state index < -0.39 is 6.17 Å². The maximum Gasteiger partial charge on any atom is 0.255 e. The molecule has 1 aromatic heterocycles. The molecule has 1 aliphatic rings. The highest BCUT2D eigenvalue weighted by Crippen LogP contribution is 2.33. The number of methoxy groups -OCH3 is 1. The van der Waals surface area contributed by atoms with Crippen molar-refractivity contribution in [2.24, 2.45) is 10.7 Å². The van der Waals surface area contributed by atoms with E-state index in [1.54, 1.807) is 31.4 Å². The van der Waals surface area contributed by atoms with E-state index in [4.69, 9.17) is 10.5 Å². The van der Waals surface area contributed by atoms with E-state index >= 15 is 0 Å². The van der Waals surface area contributed by atoms with Crippen molar-refractivity contribution in [2.45, 2.75) is 6.17 Å². The Morgan fingerprint density at radius 3 is 2.71 bits per heavy atom. The van der Waals surface area contributed by atoms with E-state index in [2.05, 4.69) is 20.6 Å². The number of anilines is 2. The number of amides is 1. The van der Waals surface area contributed by atoms with Gasteiger partial charge in [-0.3, -0.25) is 14.7 Å². The molecule has 0 saturated heterocycles. The molecule has 4 aromatic rings. The zero-order chi connectivity index (χ0) is 21.4. The number of nitrogens with one attached hydrogen (secondary N) is 2. The summed E-state index contributed by atoms with van der Waals surface area (Å²) in [5.74, 6) is 1.41. The Bertz CT molecular complexity index is 1310. The molecule has 1 aliphatic heterocycles. The maximum absolute atomic E-state index is 12.7. The number of carbonyl (C=O) groups is 1. The molecular formula is C23H20N6O2. The molecule has 0 fully saturated rings. The number of benzene rings is 3. The Morgan fingerprint density at radius 2 is 1.90 bits per heavy atom. The fourth-order valence-electron chi connectivity index (χ4n) is 3.66. The first-order valence-corrected chi connectivity index (χ1v) is 9.75. The zero-order valence-corrected chi connectivity index (χ0v) is 16.7. The molecule has 31 heavy (non-hydrogen) atoms. The van der Waals surface area contributed by atoms with Crippen LogP contribution in [0.5, 0.6) is 5.75 Å². The van der Waals surface area contributed by atoms with Crippen molar-refractivity contribution in [3.05, 3.63) is 83.9 Å².